The Morgan fingerprint density at radius 1 is 0.632 bits per heavy atom. The van der Waals surface area contributed by atoms with Gasteiger partial charge in [0.2, 0.25) is 0 Å². The molecule has 0 fully saturated rings. The molecule has 0 aromatic heterocycles. The van der Waals surface area contributed by atoms with Gasteiger partial charge >= 0.3 is 0 Å². The molecular formula is C34H44N2O2. The van der Waals surface area contributed by atoms with Crippen LogP contribution in [0.15, 0.2) is 52.4 Å². The lowest BCUT2D eigenvalue weighted by Gasteiger charge is -2.21. The van der Waals surface area contributed by atoms with Crippen molar-refractivity contribution in [2.24, 2.45) is 9.98 Å². The summed E-state index contributed by atoms with van der Waals surface area (Å²) in [6.07, 6.45) is 6.01. The summed E-state index contributed by atoms with van der Waals surface area (Å²) in [6, 6.07) is 13.9. The number of benzene rings is 3. The van der Waals surface area contributed by atoms with E-state index in [1.807, 2.05) is 36.4 Å². The first-order valence-corrected chi connectivity index (χ1v) is 13.7. The third-order valence-corrected chi connectivity index (χ3v) is 7.06. The Balaban J connectivity index is 2.16. The maximum Gasteiger partial charge on any atom is 0.128 e. The monoisotopic (exact) mass is 512 g/mol. The Labute approximate surface area is 229 Å². The Morgan fingerprint density at radius 3 is 1.34 bits per heavy atom. The summed E-state index contributed by atoms with van der Waals surface area (Å²) in [7, 11) is 0. The van der Waals surface area contributed by atoms with Crippen molar-refractivity contribution in [3.05, 3.63) is 81.4 Å². The molecule has 0 saturated heterocycles. The maximum atomic E-state index is 11.0. The van der Waals surface area contributed by atoms with Crippen molar-refractivity contribution >= 4 is 23.8 Å². The lowest BCUT2D eigenvalue weighted by molar-refractivity contribution is 0.445. The van der Waals surface area contributed by atoms with Gasteiger partial charge in [-0.05, 0) is 64.5 Å². The van der Waals surface area contributed by atoms with Crippen LogP contribution >= 0.6 is 0 Å². The van der Waals surface area contributed by atoms with Crippen molar-refractivity contribution in [3.8, 4) is 11.5 Å². The highest BCUT2D eigenvalue weighted by atomic mass is 16.3. The first kappa shape index (κ1) is 29.2. The molecule has 4 nitrogen and oxygen atoms in total. The molecule has 0 aliphatic rings. The van der Waals surface area contributed by atoms with E-state index in [2.05, 4.69) is 68.4 Å². The van der Waals surface area contributed by atoms with Gasteiger partial charge in [0.15, 0.2) is 0 Å². The fourth-order valence-corrected chi connectivity index (χ4v) is 4.85. The highest BCUT2D eigenvalue weighted by molar-refractivity contribution is 5.89. The smallest absolute Gasteiger partial charge is 0.128 e. The number of aromatic hydroxyl groups is 2. The van der Waals surface area contributed by atoms with Gasteiger partial charge in [0, 0.05) is 29.1 Å². The normalized spacial score (nSPS) is 12.7. The average Bonchev–Trinajstić information content (AvgIpc) is 2.85. The molecule has 4 heteroatoms. The fraction of sp³-hybridized carbons (Fsp3) is 0.412. The molecule has 0 unspecified atom stereocenters. The predicted octanol–water partition coefficient (Wildman–Crippen LogP) is 8.88. The van der Waals surface area contributed by atoms with Crippen LogP contribution in [0.5, 0.6) is 11.5 Å². The molecular weight excluding hydrogens is 468 g/mol. The lowest BCUT2D eigenvalue weighted by Crippen LogP contribution is -2.11. The zero-order chi connectivity index (χ0) is 28.3. The van der Waals surface area contributed by atoms with Gasteiger partial charge < -0.3 is 10.2 Å². The van der Waals surface area contributed by atoms with Crippen LogP contribution in [-0.4, -0.2) is 22.6 Å². The first-order chi connectivity index (χ1) is 17.8. The molecule has 0 heterocycles. The molecule has 0 amide bonds. The summed E-state index contributed by atoms with van der Waals surface area (Å²) in [4.78, 5) is 9.90. The molecule has 0 aliphatic heterocycles. The third-order valence-electron chi connectivity index (χ3n) is 7.06. The van der Waals surface area contributed by atoms with Crippen LogP contribution in [-0.2, 0) is 30.1 Å². The van der Waals surface area contributed by atoms with Crippen LogP contribution in [0.3, 0.4) is 0 Å². The van der Waals surface area contributed by atoms with E-state index in [0.29, 0.717) is 11.1 Å². The molecule has 202 valence electrons. The summed E-state index contributed by atoms with van der Waals surface area (Å²) in [5.74, 6) is 0.551. The van der Waals surface area contributed by atoms with Crippen molar-refractivity contribution in [3.63, 3.8) is 0 Å². The number of phenols is 2. The van der Waals surface area contributed by atoms with Crippen LogP contribution in [0.1, 0.15) is 101 Å². The lowest BCUT2D eigenvalue weighted by atomic mass is 9.85. The van der Waals surface area contributed by atoms with Gasteiger partial charge in [-0.2, -0.15) is 0 Å². The van der Waals surface area contributed by atoms with E-state index in [9.17, 15) is 10.2 Å². The number of hydrogen-bond acceptors (Lipinski definition) is 4. The Kier molecular flexibility index (Phi) is 8.86. The minimum absolute atomic E-state index is 0.169. The molecule has 0 spiro atoms. The van der Waals surface area contributed by atoms with Gasteiger partial charge in [0.05, 0.1) is 11.4 Å². The quantitative estimate of drug-likeness (QED) is 0.310. The predicted molar refractivity (Wildman–Crippen MR) is 163 cm³/mol. The van der Waals surface area contributed by atoms with Crippen molar-refractivity contribution in [2.75, 3.05) is 0 Å². The number of aryl methyl sites for hydroxylation is 2. The maximum absolute atomic E-state index is 11.0. The SMILES string of the molecule is CCc1cc(CC)c(N=Cc2cccc(C(C)(C)C)c2O)c(CC)c1N=Cc1cccc(C(C)(C)C)c1O. The fourth-order valence-electron chi connectivity index (χ4n) is 4.85. The zero-order valence-corrected chi connectivity index (χ0v) is 24.6. The van der Waals surface area contributed by atoms with Crippen LogP contribution in [0.25, 0.3) is 0 Å². The summed E-state index contributed by atoms with van der Waals surface area (Å²) in [5, 5.41) is 21.9. The molecule has 3 rings (SSSR count). The van der Waals surface area contributed by atoms with Crippen molar-refractivity contribution in [2.45, 2.75) is 92.4 Å². The summed E-state index contributed by atoms with van der Waals surface area (Å²) >= 11 is 0. The minimum Gasteiger partial charge on any atom is -0.507 e. The molecule has 38 heavy (non-hydrogen) atoms. The molecule has 0 saturated carbocycles. The molecule has 2 N–H and O–H groups in total. The average molecular weight is 513 g/mol. The molecule has 0 radical (unpaired) electrons. The van der Waals surface area contributed by atoms with Crippen molar-refractivity contribution in [1.29, 1.82) is 0 Å². The Morgan fingerprint density at radius 2 is 1.03 bits per heavy atom. The number of hydrogen-bond donors (Lipinski definition) is 2. The van der Waals surface area contributed by atoms with Gasteiger partial charge in [-0.3, -0.25) is 9.98 Å². The topological polar surface area (TPSA) is 65.2 Å². The van der Waals surface area contributed by atoms with Crippen LogP contribution < -0.4 is 0 Å². The Bertz CT molecular complexity index is 1250. The highest BCUT2D eigenvalue weighted by Gasteiger charge is 2.21. The zero-order valence-electron chi connectivity index (χ0n) is 24.6. The van der Waals surface area contributed by atoms with E-state index in [1.165, 1.54) is 0 Å². The standard InChI is InChI=1S/C34H44N2O2/c1-10-22-19-23(11-2)30(36-21-25-16-14-18-28(32(25)38)34(7,8)9)26(12-3)29(22)35-20-24-15-13-17-27(31(24)37)33(4,5)6/h13-21,37-38H,10-12H2,1-9H3. The number of aliphatic imine (C=N–C) groups is 2. The van der Waals surface area contributed by atoms with E-state index >= 15 is 0 Å². The second kappa shape index (κ2) is 11.6. The van der Waals surface area contributed by atoms with E-state index in [1.54, 1.807) is 12.4 Å². The van der Waals surface area contributed by atoms with Crippen molar-refractivity contribution < 1.29 is 10.2 Å². The Hall–Kier alpha value is -3.40. The van der Waals surface area contributed by atoms with Crippen LogP contribution in [0.4, 0.5) is 11.4 Å². The van der Waals surface area contributed by atoms with Crippen molar-refractivity contribution in [1.82, 2.24) is 0 Å². The molecule has 3 aromatic rings. The van der Waals surface area contributed by atoms with Crippen LogP contribution in [0, 0.1) is 0 Å². The summed E-state index contributed by atoms with van der Waals surface area (Å²) in [5.41, 5.74) is 8.09. The first-order valence-electron chi connectivity index (χ1n) is 13.7. The minimum atomic E-state index is -0.169. The highest BCUT2D eigenvalue weighted by Crippen LogP contribution is 2.39. The van der Waals surface area contributed by atoms with E-state index in [0.717, 1.165) is 58.5 Å². The van der Waals surface area contributed by atoms with E-state index in [-0.39, 0.29) is 22.3 Å². The largest absolute Gasteiger partial charge is 0.507 e. The molecule has 3 aromatic carbocycles. The number of rotatable bonds is 7. The van der Waals surface area contributed by atoms with E-state index < -0.39 is 0 Å². The van der Waals surface area contributed by atoms with E-state index in [4.69, 9.17) is 9.98 Å². The molecule has 0 bridgehead atoms. The second-order valence-electron chi connectivity index (χ2n) is 11.9. The number of para-hydroxylation sites is 2. The summed E-state index contributed by atoms with van der Waals surface area (Å²) < 4.78 is 0. The van der Waals surface area contributed by atoms with Crippen LogP contribution in [0.2, 0.25) is 0 Å². The second-order valence-corrected chi connectivity index (χ2v) is 11.9. The summed E-state index contributed by atoms with van der Waals surface area (Å²) in [6.45, 7) is 19.0. The number of phenolic OH excluding ortho intramolecular Hbond substituents is 2. The molecule has 0 atom stereocenters. The van der Waals surface area contributed by atoms with Gasteiger partial charge in [-0.15, -0.1) is 0 Å². The number of nitrogens with zero attached hydrogens (tertiary/aromatic N) is 2. The van der Waals surface area contributed by atoms with Gasteiger partial charge in [0.1, 0.15) is 11.5 Å². The third kappa shape index (κ3) is 6.18. The van der Waals surface area contributed by atoms with Gasteiger partial charge in [0.25, 0.3) is 0 Å². The van der Waals surface area contributed by atoms with Gasteiger partial charge in [-0.25, -0.2) is 0 Å². The van der Waals surface area contributed by atoms with Gasteiger partial charge in [-0.1, -0.05) is 92.6 Å². The molecule has 0 aliphatic carbocycles.